The molecule has 1 saturated heterocycles. The molecule has 0 saturated carbocycles. The molecule has 0 spiro atoms. The highest BCUT2D eigenvalue weighted by molar-refractivity contribution is 7.61. The average molecular weight is 810 g/mol. The Bertz CT molecular complexity index is 2260. The minimum Gasteiger partial charge on any atom is -0.497 e. The lowest BCUT2D eigenvalue weighted by Crippen LogP contribution is -2.52. The fourth-order valence-electron chi connectivity index (χ4n) is 6.40. The summed E-state index contributed by atoms with van der Waals surface area (Å²) in [4.78, 5) is 37.5. The first kappa shape index (κ1) is 41.9. The van der Waals surface area contributed by atoms with Gasteiger partial charge in [0.1, 0.15) is 11.5 Å². The van der Waals surface area contributed by atoms with Gasteiger partial charge in [-0.2, -0.15) is 4.98 Å². The van der Waals surface area contributed by atoms with Crippen LogP contribution < -0.4 is 41.6 Å². The van der Waals surface area contributed by atoms with E-state index in [4.69, 9.17) is 14.2 Å². The Kier molecular flexibility index (Phi) is 13.8. The van der Waals surface area contributed by atoms with Crippen molar-refractivity contribution in [3.8, 4) is 17.4 Å². The van der Waals surface area contributed by atoms with Crippen molar-refractivity contribution in [1.29, 1.82) is 0 Å². The van der Waals surface area contributed by atoms with Gasteiger partial charge in [0.2, 0.25) is 11.8 Å². The van der Waals surface area contributed by atoms with E-state index in [1.807, 2.05) is 62.4 Å². The maximum atomic E-state index is 13.3. The number of anilines is 4. The Morgan fingerprint density at radius 2 is 1.72 bits per heavy atom. The van der Waals surface area contributed by atoms with E-state index in [-0.39, 0.29) is 23.8 Å². The van der Waals surface area contributed by atoms with Crippen LogP contribution in [0.1, 0.15) is 29.8 Å². The van der Waals surface area contributed by atoms with E-state index < -0.39 is 12.7 Å². The zero-order valence-corrected chi connectivity index (χ0v) is 34.4. The quantitative estimate of drug-likeness (QED) is 0.0425. The summed E-state index contributed by atoms with van der Waals surface area (Å²) in [6, 6.07) is 25.4. The monoisotopic (exact) mass is 809 g/mol. The van der Waals surface area contributed by atoms with E-state index >= 15 is 0 Å². The predicted molar refractivity (Wildman–Crippen MR) is 229 cm³/mol. The molecular formula is C42H52N9O6P. The summed E-state index contributed by atoms with van der Waals surface area (Å²) in [5.74, 6) is 1.36. The van der Waals surface area contributed by atoms with Crippen LogP contribution in [0.15, 0.2) is 91.1 Å². The van der Waals surface area contributed by atoms with Gasteiger partial charge in [-0.15, -0.1) is 0 Å². The largest absolute Gasteiger partial charge is 0.497 e. The number of aromatic nitrogens is 2. The van der Waals surface area contributed by atoms with E-state index in [2.05, 4.69) is 47.0 Å². The molecule has 6 rings (SSSR count). The van der Waals surface area contributed by atoms with Crippen LogP contribution in [-0.4, -0.2) is 98.7 Å². The molecule has 16 heteroatoms. The maximum Gasteiger partial charge on any atom is 0.319 e. The molecule has 0 radical (unpaired) electrons. The zero-order chi connectivity index (χ0) is 41.1. The number of hydrazine groups is 1. The first-order valence-electron chi connectivity index (χ1n) is 19.1. The third-order valence-electron chi connectivity index (χ3n) is 9.16. The molecule has 4 aromatic carbocycles. The van der Waals surface area contributed by atoms with Gasteiger partial charge in [-0.05, 0) is 69.1 Å². The summed E-state index contributed by atoms with van der Waals surface area (Å²) >= 11 is 0. The highest BCUT2D eigenvalue weighted by Crippen LogP contribution is 2.40. The number of rotatable bonds is 17. The highest BCUT2D eigenvalue weighted by Gasteiger charge is 2.21. The molecule has 0 unspecified atom stereocenters. The molecule has 15 nitrogen and oxygen atoms in total. The second kappa shape index (κ2) is 19.1. The van der Waals surface area contributed by atoms with Crippen molar-refractivity contribution in [2.75, 3.05) is 82.4 Å². The average Bonchev–Trinajstić information content (AvgIpc) is 3.18. The molecule has 58 heavy (non-hydrogen) atoms. The number of amides is 3. The Morgan fingerprint density at radius 3 is 2.50 bits per heavy atom. The molecule has 2 heterocycles. The van der Waals surface area contributed by atoms with Gasteiger partial charge < -0.3 is 45.5 Å². The fraction of sp³-hybridized carbons (Fsp3) is 0.333. The van der Waals surface area contributed by atoms with Crippen LogP contribution in [0.4, 0.5) is 27.8 Å². The van der Waals surface area contributed by atoms with E-state index in [1.165, 1.54) is 0 Å². The van der Waals surface area contributed by atoms with Gasteiger partial charge in [0.05, 0.1) is 38.7 Å². The van der Waals surface area contributed by atoms with Gasteiger partial charge in [0.15, 0.2) is 0 Å². The molecule has 6 N–H and O–H groups in total. The smallest absolute Gasteiger partial charge is 0.319 e. The Labute approximate surface area is 339 Å². The SMILES string of the molecule is COc1cc(Nc2nccc(Oc3ccc(NC(=O)NC(C)(C)CNNc4cccc(CP(C)(C)=O)c4)c4ccccc34)n2)cc(C(=O)NCCN2CCOCC2)c1. The first-order chi connectivity index (χ1) is 27.8. The number of carbonyl (C=O) groups is 2. The van der Waals surface area contributed by atoms with E-state index in [0.717, 1.165) is 41.7 Å². The molecule has 0 atom stereocenters. The topological polar surface area (TPSA) is 180 Å². The number of nitrogens with zero attached hydrogens (tertiary/aromatic N) is 3. The predicted octanol–water partition coefficient (Wildman–Crippen LogP) is 6.88. The number of hydrogen-bond acceptors (Lipinski definition) is 12. The lowest BCUT2D eigenvalue weighted by atomic mass is 10.1. The number of urea groups is 1. The van der Waals surface area contributed by atoms with Crippen LogP contribution >= 0.6 is 7.14 Å². The van der Waals surface area contributed by atoms with Crippen molar-refractivity contribution in [1.82, 2.24) is 30.9 Å². The van der Waals surface area contributed by atoms with Gasteiger partial charge in [0.25, 0.3) is 5.91 Å². The van der Waals surface area contributed by atoms with Crippen molar-refractivity contribution < 1.29 is 28.4 Å². The summed E-state index contributed by atoms with van der Waals surface area (Å²) in [6.07, 6.45) is 2.11. The van der Waals surface area contributed by atoms with Crippen molar-refractivity contribution in [2.45, 2.75) is 25.5 Å². The molecule has 3 amide bonds. The summed E-state index contributed by atoms with van der Waals surface area (Å²) in [7, 11) is -0.652. The third-order valence-corrected chi connectivity index (χ3v) is 10.3. The number of methoxy groups -OCH3 is 1. The molecule has 1 aromatic heterocycles. The maximum absolute atomic E-state index is 13.3. The molecular weight excluding hydrogens is 757 g/mol. The molecule has 0 aliphatic carbocycles. The van der Waals surface area contributed by atoms with Crippen LogP contribution in [0.3, 0.4) is 0 Å². The lowest BCUT2D eigenvalue weighted by Gasteiger charge is -2.27. The minimum absolute atomic E-state index is 0.217. The van der Waals surface area contributed by atoms with Gasteiger partial charge in [-0.25, -0.2) is 15.2 Å². The molecule has 0 bridgehead atoms. The van der Waals surface area contributed by atoms with Gasteiger partial charge in [0, 0.05) is 84.9 Å². The normalized spacial score (nSPS) is 13.4. The van der Waals surface area contributed by atoms with Crippen LogP contribution in [0.5, 0.6) is 17.4 Å². The van der Waals surface area contributed by atoms with Crippen molar-refractivity contribution >= 4 is 52.9 Å². The van der Waals surface area contributed by atoms with Crippen molar-refractivity contribution in [2.24, 2.45) is 0 Å². The highest BCUT2D eigenvalue weighted by atomic mass is 31.2. The van der Waals surface area contributed by atoms with Crippen LogP contribution in [0.2, 0.25) is 0 Å². The summed E-state index contributed by atoms with van der Waals surface area (Å²) in [5, 5.41) is 13.7. The van der Waals surface area contributed by atoms with Gasteiger partial charge in [-0.3, -0.25) is 9.69 Å². The number of hydrogen-bond donors (Lipinski definition) is 6. The lowest BCUT2D eigenvalue weighted by molar-refractivity contribution is 0.0383. The number of ether oxygens (including phenoxy) is 3. The van der Waals surface area contributed by atoms with Crippen LogP contribution in [0.25, 0.3) is 10.8 Å². The Hall–Kier alpha value is -5.73. The molecule has 1 fully saturated rings. The fourth-order valence-corrected chi connectivity index (χ4v) is 7.48. The van der Waals surface area contributed by atoms with Crippen LogP contribution in [-0.2, 0) is 15.5 Å². The summed E-state index contributed by atoms with van der Waals surface area (Å²) in [6.45, 7) is 12.2. The molecule has 5 aromatic rings. The number of carbonyl (C=O) groups excluding carboxylic acids is 2. The van der Waals surface area contributed by atoms with Crippen LogP contribution in [0, 0.1) is 0 Å². The van der Waals surface area contributed by atoms with Crippen molar-refractivity contribution in [3.63, 3.8) is 0 Å². The van der Waals surface area contributed by atoms with E-state index in [0.29, 0.717) is 60.9 Å². The third kappa shape index (κ3) is 12.4. The Morgan fingerprint density at radius 1 is 0.931 bits per heavy atom. The van der Waals surface area contributed by atoms with Gasteiger partial charge in [-0.1, -0.05) is 36.4 Å². The number of fused-ring (bicyclic) bond motifs is 1. The first-order valence-corrected chi connectivity index (χ1v) is 21.9. The van der Waals surface area contributed by atoms with Crippen molar-refractivity contribution in [3.05, 3.63) is 102 Å². The Balaban J connectivity index is 1.06. The number of nitrogens with one attached hydrogen (secondary N) is 6. The van der Waals surface area contributed by atoms with E-state index in [9.17, 15) is 14.2 Å². The minimum atomic E-state index is -2.20. The molecule has 1 aliphatic rings. The second-order valence-corrected chi connectivity index (χ2v) is 18.6. The van der Waals surface area contributed by atoms with E-state index in [1.54, 1.807) is 63.0 Å². The molecule has 1 aliphatic heterocycles. The summed E-state index contributed by atoms with van der Waals surface area (Å²) in [5.41, 5.74) is 9.18. The standard InChI is InChI=1S/C42H52N9O6P/c1-42(2,28-45-50-31-10-8-9-29(23-31)27-58(4,5)54)49-41(53)47-36-13-14-37(35-12-7-6-11-34(35)36)57-38-15-16-44-40(48-38)46-32-24-30(25-33(26-32)55-3)39(52)43-17-18-51-19-21-56-22-20-51/h6-16,23-26,45,50H,17-22,27-28H2,1-5H3,(H,43,52)(H,44,46,48)(H2,47,49,53). The number of benzene rings is 4. The zero-order valence-electron chi connectivity index (χ0n) is 33.6. The number of morpholine rings is 1. The van der Waals surface area contributed by atoms with Gasteiger partial charge >= 0.3 is 6.03 Å². The summed E-state index contributed by atoms with van der Waals surface area (Å²) < 4.78 is 29.4. The molecule has 306 valence electrons. The second-order valence-electron chi connectivity index (χ2n) is 15.1.